The molecule has 4 rings (SSSR count). The molecule has 3 aromatic rings. The van der Waals surface area contributed by atoms with Gasteiger partial charge in [-0.05, 0) is 43.3 Å². The molecule has 2 heterocycles. The molecule has 140 valence electrons. The molecule has 0 atom stereocenters. The number of esters is 1. The van der Waals surface area contributed by atoms with Crippen LogP contribution in [0.4, 0.5) is 0 Å². The third kappa shape index (κ3) is 3.30. The number of carbonyl (C=O) groups excluding carboxylic acids is 1. The first-order chi connectivity index (χ1) is 13.6. The summed E-state index contributed by atoms with van der Waals surface area (Å²) >= 11 is 6.52. The van der Waals surface area contributed by atoms with E-state index in [1.165, 1.54) is 0 Å². The van der Waals surface area contributed by atoms with Crippen LogP contribution in [-0.2, 0) is 9.53 Å². The molecule has 0 saturated carbocycles. The predicted octanol–water partition coefficient (Wildman–Crippen LogP) is 4.19. The highest BCUT2D eigenvalue weighted by atomic mass is 35.5. The molecule has 1 aliphatic rings. The molecule has 0 bridgehead atoms. The van der Waals surface area contributed by atoms with Crippen LogP contribution in [0.2, 0.25) is 5.15 Å². The number of aromatic nitrogens is 2. The topological polar surface area (TPSA) is 65.7 Å². The van der Waals surface area contributed by atoms with Crippen LogP contribution in [0, 0.1) is 6.92 Å². The summed E-state index contributed by atoms with van der Waals surface area (Å²) in [4.78, 5) is 16.6. The van der Waals surface area contributed by atoms with E-state index in [2.05, 4.69) is 10.1 Å². The third-order valence-corrected chi connectivity index (χ3v) is 4.63. The molecule has 28 heavy (non-hydrogen) atoms. The molecule has 1 aromatic heterocycles. The van der Waals surface area contributed by atoms with Crippen molar-refractivity contribution in [2.75, 3.05) is 7.11 Å². The van der Waals surface area contributed by atoms with E-state index in [0.29, 0.717) is 27.7 Å². The summed E-state index contributed by atoms with van der Waals surface area (Å²) in [5.74, 6) is 0.330. The van der Waals surface area contributed by atoms with Gasteiger partial charge in [-0.25, -0.2) is 14.5 Å². The van der Waals surface area contributed by atoms with Gasteiger partial charge in [0.25, 0.3) is 0 Å². The summed E-state index contributed by atoms with van der Waals surface area (Å²) in [5.41, 5.74) is 2.94. The van der Waals surface area contributed by atoms with E-state index in [1.54, 1.807) is 42.1 Å². The van der Waals surface area contributed by atoms with Crippen molar-refractivity contribution in [1.29, 1.82) is 0 Å². The maximum absolute atomic E-state index is 12.3. The monoisotopic (exact) mass is 393 g/mol. The van der Waals surface area contributed by atoms with E-state index in [0.717, 1.165) is 5.69 Å². The number of aliphatic imine (C=N–C) groups is 1. The second kappa shape index (κ2) is 7.32. The number of cyclic esters (lactones) is 1. The zero-order valence-corrected chi connectivity index (χ0v) is 16.0. The maximum atomic E-state index is 12.3. The summed E-state index contributed by atoms with van der Waals surface area (Å²) in [6, 6.07) is 16.7. The maximum Gasteiger partial charge on any atom is 0.363 e. The van der Waals surface area contributed by atoms with Gasteiger partial charge in [0.2, 0.25) is 5.90 Å². The van der Waals surface area contributed by atoms with Crippen LogP contribution in [0.25, 0.3) is 11.8 Å². The zero-order chi connectivity index (χ0) is 19.7. The first-order valence-corrected chi connectivity index (χ1v) is 8.92. The van der Waals surface area contributed by atoms with Gasteiger partial charge in [-0.1, -0.05) is 35.9 Å². The minimum absolute atomic E-state index is 0.162. The van der Waals surface area contributed by atoms with Crippen molar-refractivity contribution in [3.8, 4) is 11.4 Å². The Morgan fingerprint density at radius 1 is 1.14 bits per heavy atom. The Kier molecular flexibility index (Phi) is 4.71. The van der Waals surface area contributed by atoms with Crippen LogP contribution >= 0.6 is 11.6 Å². The lowest BCUT2D eigenvalue weighted by Crippen LogP contribution is -2.05. The number of hydrogen-bond acceptors (Lipinski definition) is 5. The number of nitrogens with zero attached hydrogens (tertiary/aromatic N) is 3. The fourth-order valence-corrected chi connectivity index (χ4v) is 3.17. The van der Waals surface area contributed by atoms with Gasteiger partial charge in [-0.3, -0.25) is 0 Å². The van der Waals surface area contributed by atoms with Gasteiger partial charge in [-0.2, -0.15) is 5.10 Å². The van der Waals surface area contributed by atoms with Gasteiger partial charge in [0, 0.05) is 11.1 Å². The minimum atomic E-state index is -0.541. The molecule has 0 aliphatic carbocycles. The summed E-state index contributed by atoms with van der Waals surface area (Å²) < 4.78 is 12.1. The molecule has 1 aliphatic heterocycles. The molecule has 0 spiro atoms. The molecule has 7 heteroatoms. The Morgan fingerprint density at radius 3 is 2.68 bits per heavy atom. The number of carbonyl (C=O) groups is 1. The number of ether oxygens (including phenoxy) is 2. The third-order valence-electron chi connectivity index (χ3n) is 4.27. The second-order valence-electron chi connectivity index (χ2n) is 6.11. The average Bonchev–Trinajstić information content (AvgIpc) is 3.23. The summed E-state index contributed by atoms with van der Waals surface area (Å²) in [6.45, 7) is 1.82. The highest BCUT2D eigenvalue weighted by Crippen LogP contribution is 2.28. The van der Waals surface area contributed by atoms with Crippen LogP contribution in [0.1, 0.15) is 16.8 Å². The van der Waals surface area contributed by atoms with E-state index in [9.17, 15) is 4.79 Å². The highest BCUT2D eigenvalue weighted by molar-refractivity contribution is 6.31. The SMILES string of the molecule is COc1cccc(C2=NC(=Cc3c(C)nn(-c4ccccc4)c3Cl)C(=O)O2)c1. The Labute approximate surface area is 166 Å². The normalized spacial score (nSPS) is 14.9. The fourth-order valence-electron chi connectivity index (χ4n) is 2.84. The first kappa shape index (κ1) is 18.0. The van der Waals surface area contributed by atoms with Crippen molar-refractivity contribution in [2.24, 2.45) is 4.99 Å². The molecule has 0 fully saturated rings. The summed E-state index contributed by atoms with van der Waals surface area (Å²) in [7, 11) is 1.57. The van der Waals surface area contributed by atoms with Gasteiger partial charge < -0.3 is 9.47 Å². The van der Waals surface area contributed by atoms with E-state index < -0.39 is 5.97 Å². The first-order valence-electron chi connectivity index (χ1n) is 8.54. The number of para-hydroxylation sites is 1. The quantitative estimate of drug-likeness (QED) is 0.492. The molecule has 0 amide bonds. The molecular formula is C21H16ClN3O3. The zero-order valence-electron chi connectivity index (χ0n) is 15.2. The van der Waals surface area contributed by atoms with Crippen LogP contribution in [0.15, 0.2) is 65.3 Å². The van der Waals surface area contributed by atoms with Crippen LogP contribution in [-0.4, -0.2) is 28.8 Å². The van der Waals surface area contributed by atoms with Gasteiger partial charge in [-0.15, -0.1) is 0 Å². The Hall–Kier alpha value is -3.38. The number of halogens is 1. The lowest BCUT2D eigenvalue weighted by molar-refractivity contribution is -0.129. The largest absolute Gasteiger partial charge is 0.497 e. The summed E-state index contributed by atoms with van der Waals surface area (Å²) in [6.07, 6.45) is 1.60. The Balaban J connectivity index is 1.72. The van der Waals surface area contributed by atoms with E-state index in [-0.39, 0.29) is 11.6 Å². The van der Waals surface area contributed by atoms with Gasteiger partial charge in [0.15, 0.2) is 5.70 Å². The molecule has 0 N–H and O–H groups in total. The number of rotatable bonds is 4. The second-order valence-corrected chi connectivity index (χ2v) is 6.46. The Morgan fingerprint density at radius 2 is 1.93 bits per heavy atom. The van der Waals surface area contributed by atoms with Gasteiger partial charge in [0.05, 0.1) is 18.5 Å². The van der Waals surface area contributed by atoms with Crippen molar-refractivity contribution >= 4 is 29.5 Å². The van der Waals surface area contributed by atoms with Crippen molar-refractivity contribution < 1.29 is 14.3 Å². The van der Waals surface area contributed by atoms with Crippen LogP contribution in [0.5, 0.6) is 5.75 Å². The van der Waals surface area contributed by atoms with Crippen molar-refractivity contribution in [2.45, 2.75) is 6.92 Å². The molecule has 0 unspecified atom stereocenters. The number of hydrogen-bond donors (Lipinski definition) is 0. The van der Waals surface area contributed by atoms with Crippen LogP contribution in [0.3, 0.4) is 0 Å². The van der Waals surface area contributed by atoms with Crippen LogP contribution < -0.4 is 4.74 Å². The average molecular weight is 394 g/mol. The molecule has 2 aromatic carbocycles. The minimum Gasteiger partial charge on any atom is -0.497 e. The number of aryl methyl sites for hydroxylation is 1. The van der Waals surface area contributed by atoms with Crippen molar-refractivity contribution in [3.63, 3.8) is 0 Å². The highest BCUT2D eigenvalue weighted by Gasteiger charge is 2.26. The Bertz CT molecular complexity index is 1120. The van der Waals surface area contributed by atoms with Crippen molar-refractivity contribution in [3.05, 3.63) is 82.3 Å². The molecule has 0 saturated heterocycles. The lowest BCUT2D eigenvalue weighted by Gasteiger charge is -2.02. The van der Waals surface area contributed by atoms with E-state index in [4.69, 9.17) is 21.1 Å². The molecule has 6 nitrogen and oxygen atoms in total. The van der Waals surface area contributed by atoms with Gasteiger partial charge >= 0.3 is 5.97 Å². The van der Waals surface area contributed by atoms with Gasteiger partial charge in [0.1, 0.15) is 10.9 Å². The number of methoxy groups -OCH3 is 1. The fraction of sp³-hybridized carbons (Fsp3) is 0.0952. The predicted molar refractivity (Wildman–Crippen MR) is 107 cm³/mol. The van der Waals surface area contributed by atoms with E-state index >= 15 is 0 Å². The van der Waals surface area contributed by atoms with Crippen molar-refractivity contribution in [1.82, 2.24) is 9.78 Å². The molecular weight excluding hydrogens is 378 g/mol. The number of benzene rings is 2. The smallest absolute Gasteiger partial charge is 0.363 e. The molecule has 0 radical (unpaired) electrons. The van der Waals surface area contributed by atoms with E-state index in [1.807, 2.05) is 37.3 Å². The standard InChI is InChI=1S/C21H16ClN3O3/c1-13-17(19(22)25(24-13)15-8-4-3-5-9-15)12-18-21(26)28-20(23-18)14-7-6-10-16(11-14)27-2/h3-12H,1-2H3. The summed E-state index contributed by atoms with van der Waals surface area (Å²) in [5, 5.41) is 4.87. The lowest BCUT2D eigenvalue weighted by atomic mass is 10.2.